The molecule has 2 aromatic heterocycles. The molecule has 3 rings (SSSR count). The first kappa shape index (κ1) is 12.9. The Bertz CT molecular complexity index is 1290. The van der Waals surface area contributed by atoms with E-state index in [-0.39, 0.29) is 47.6 Å². The molecule has 0 spiro atoms. The van der Waals surface area contributed by atoms with Crippen LogP contribution in [0.2, 0.25) is 0 Å². The van der Waals surface area contributed by atoms with E-state index in [4.69, 9.17) is 8.22 Å². The minimum absolute atomic E-state index is 0.0698. The van der Waals surface area contributed by atoms with Crippen LogP contribution in [0.4, 0.5) is 19.4 Å². The number of nitrogens with zero attached hydrogens (tertiary/aromatic N) is 2. The third-order valence-electron chi connectivity index (χ3n) is 3.85. The van der Waals surface area contributed by atoms with Crippen molar-refractivity contribution in [3.63, 3.8) is 0 Å². The van der Waals surface area contributed by atoms with Crippen LogP contribution in [0, 0.1) is 13.8 Å². The molecule has 146 valence electrons. The number of carbonyl (C=O) groups is 1. The lowest BCUT2D eigenvalue weighted by Crippen LogP contribution is -2.08. The van der Waals surface area contributed by atoms with Gasteiger partial charge < -0.3 is 0 Å². The van der Waals surface area contributed by atoms with Crippen molar-refractivity contribution in [2.45, 2.75) is 31.5 Å². The average Bonchev–Trinajstić information content (AvgIpc) is 2.99. The third-order valence-corrected chi connectivity index (χ3v) is 5.01. The number of aromatic nitrogens is 2. The predicted octanol–water partition coefficient (Wildman–Crippen LogP) is 6.42. The molecule has 3 nitrogen and oxygen atoms in total. The van der Waals surface area contributed by atoms with Gasteiger partial charge in [0.25, 0.3) is 0 Å². The number of hydrogen-bond donors (Lipinski definition) is 0. The Balaban J connectivity index is 1.97. The monoisotopic (exact) mass is 410 g/mol. The van der Waals surface area contributed by atoms with E-state index in [2.05, 4.69) is 4.98 Å². The van der Waals surface area contributed by atoms with Gasteiger partial charge in [-0.2, -0.15) is 0 Å². The third kappa shape index (κ3) is 4.13. The van der Waals surface area contributed by atoms with E-state index in [0.717, 1.165) is 16.5 Å². The maximum atomic E-state index is 12.9. The zero-order valence-electron chi connectivity index (χ0n) is 19.8. The fourth-order valence-corrected chi connectivity index (χ4v) is 3.25. The Kier molecular flexibility index (Phi) is 2.64. The second-order valence-electron chi connectivity index (χ2n) is 5.98. The molecule has 0 amide bonds. The fraction of sp³-hybridized carbons (Fsp3) is 0.222. The Labute approximate surface area is 161 Å². The first-order chi connectivity index (χ1) is 14.7. The average molecular weight is 410 g/mol. The van der Waals surface area contributed by atoms with Crippen molar-refractivity contribution in [1.29, 1.82) is 0 Å². The minimum Gasteiger partial charge on any atom is -0.297 e. The molecule has 0 radical (unpaired) electrons. The van der Waals surface area contributed by atoms with E-state index in [1.807, 2.05) is 0 Å². The number of pyridine rings is 1. The van der Waals surface area contributed by atoms with Crippen LogP contribution in [0.15, 0.2) is 47.4 Å². The molecule has 0 N–H and O–H groups in total. The van der Waals surface area contributed by atoms with Gasteiger partial charge in [-0.05, 0) is 49.5 Å². The smallest absolute Gasteiger partial charge is 0.297 e. The first-order valence-corrected chi connectivity index (χ1v) is 9.53. The van der Waals surface area contributed by atoms with E-state index in [9.17, 15) is 24.2 Å². The van der Waals surface area contributed by atoms with Gasteiger partial charge in [0.2, 0.25) is 0 Å². The van der Waals surface area contributed by atoms with Crippen LogP contribution >= 0.6 is 10.2 Å². The van der Waals surface area contributed by atoms with Crippen LogP contribution in [-0.2, 0) is 6.42 Å². The van der Waals surface area contributed by atoms with E-state index in [0.29, 0.717) is 0 Å². The Morgan fingerprint density at radius 2 is 1.85 bits per heavy atom. The van der Waals surface area contributed by atoms with Gasteiger partial charge in [0, 0.05) is 16.7 Å². The SMILES string of the molecule is [2H]c1c(C([2H])([2H])[2H])c([2H])n2c(C(=O)CCc3ccc(S(F)(F)(F)(F)F)cc3)c(C)nc2c1[2H]. The number of rotatable bonds is 5. The molecule has 0 fully saturated rings. The second kappa shape index (κ2) is 5.54. The standard InChI is InChI=1S/C18H17F5N2OS/c1-12-3-10-17-24-13(2)18(25(17)11-12)16(26)9-6-14-4-7-15(8-5-14)27(19,20,21,22)23/h3-5,7-8,10-11H,6,9H2,1-2H3/i1D3,3D,10D,11D. The first-order valence-electron chi connectivity index (χ1n) is 10.6. The lowest BCUT2D eigenvalue weighted by atomic mass is 10.1. The van der Waals surface area contributed by atoms with Crippen LogP contribution in [0.25, 0.3) is 5.65 Å². The quantitative estimate of drug-likeness (QED) is 0.359. The van der Waals surface area contributed by atoms with E-state index in [1.165, 1.54) is 6.92 Å². The summed E-state index contributed by atoms with van der Waals surface area (Å²) in [6, 6.07) is 0.866. The maximum Gasteiger partial charge on any atom is 0.310 e. The number of imidazole rings is 1. The topological polar surface area (TPSA) is 34.4 Å². The molecule has 0 aliphatic rings. The summed E-state index contributed by atoms with van der Waals surface area (Å²) >= 11 is 0. The molecular weight excluding hydrogens is 387 g/mol. The largest absolute Gasteiger partial charge is 0.310 e. The molecule has 0 atom stereocenters. The fourth-order valence-electron chi connectivity index (χ4n) is 2.60. The van der Waals surface area contributed by atoms with Crippen LogP contribution in [0.1, 0.15) is 42.0 Å². The van der Waals surface area contributed by atoms with Crippen LogP contribution in [0.3, 0.4) is 0 Å². The van der Waals surface area contributed by atoms with Crippen LogP contribution < -0.4 is 0 Å². The van der Waals surface area contributed by atoms with Crippen molar-refractivity contribution in [2.24, 2.45) is 0 Å². The highest BCUT2D eigenvalue weighted by Gasteiger charge is 2.65. The molecule has 0 saturated carbocycles. The number of carbonyl (C=O) groups excluding carboxylic acids is 1. The van der Waals surface area contributed by atoms with E-state index in [1.54, 1.807) is 0 Å². The zero-order chi connectivity index (χ0) is 25.2. The minimum atomic E-state index is -9.81. The molecule has 0 saturated heterocycles. The molecule has 1 aromatic carbocycles. The van der Waals surface area contributed by atoms with Gasteiger partial charge in [-0.15, -0.1) is 0 Å². The number of benzene rings is 1. The summed E-state index contributed by atoms with van der Waals surface area (Å²) in [5.74, 6) is -0.654. The van der Waals surface area contributed by atoms with Crippen molar-refractivity contribution < 1.29 is 32.4 Å². The van der Waals surface area contributed by atoms with Gasteiger partial charge in [-0.3, -0.25) is 9.20 Å². The molecule has 0 bridgehead atoms. The molecular formula is C18H17F5N2OS. The predicted molar refractivity (Wildman–Crippen MR) is 95.2 cm³/mol. The summed E-state index contributed by atoms with van der Waals surface area (Å²) in [5, 5.41) is 0. The molecule has 0 unspecified atom stereocenters. The van der Waals surface area contributed by atoms with Gasteiger partial charge in [-0.25, -0.2) is 4.98 Å². The van der Waals surface area contributed by atoms with Crippen LogP contribution in [-0.4, -0.2) is 15.2 Å². The van der Waals surface area contributed by atoms with Gasteiger partial charge in [0.05, 0.1) is 9.81 Å². The number of fused-ring (bicyclic) bond motifs is 1. The number of Topliss-reactive ketones (excluding diaryl/α,β-unsaturated/α-hetero) is 1. The zero-order valence-corrected chi connectivity index (χ0v) is 14.6. The summed E-state index contributed by atoms with van der Waals surface area (Å²) in [7, 11) is -9.81. The Hall–Kier alpha value is -2.42. The Morgan fingerprint density at radius 3 is 2.44 bits per heavy atom. The van der Waals surface area contributed by atoms with Crippen molar-refractivity contribution >= 4 is 21.7 Å². The maximum absolute atomic E-state index is 12.9. The molecule has 3 aromatic rings. The highest BCUT2D eigenvalue weighted by molar-refractivity contribution is 8.45. The summed E-state index contributed by atoms with van der Waals surface area (Å²) in [5.41, 5.74) is -0.931. The van der Waals surface area contributed by atoms with Gasteiger partial charge in [-0.1, -0.05) is 37.6 Å². The lowest BCUT2D eigenvalue weighted by Gasteiger charge is -2.40. The van der Waals surface area contributed by atoms with Crippen LogP contribution in [0.5, 0.6) is 0 Å². The van der Waals surface area contributed by atoms with Gasteiger partial charge in [0.1, 0.15) is 16.2 Å². The van der Waals surface area contributed by atoms with Crippen molar-refractivity contribution in [2.75, 3.05) is 0 Å². The summed E-state index contributed by atoms with van der Waals surface area (Å²) in [6.07, 6.45) is -1.14. The van der Waals surface area contributed by atoms with Crippen molar-refractivity contribution in [3.8, 4) is 0 Å². The highest BCUT2D eigenvalue weighted by Crippen LogP contribution is 3.02. The number of aryl methyl sites for hydroxylation is 2. The molecule has 2 heterocycles. The summed E-state index contributed by atoms with van der Waals surface area (Å²) in [6.45, 7) is -1.51. The number of hydrogen-bond acceptors (Lipinski definition) is 2. The Morgan fingerprint density at radius 1 is 1.19 bits per heavy atom. The van der Waals surface area contributed by atoms with Gasteiger partial charge >= 0.3 is 10.2 Å². The normalized spacial score (nSPS) is 18.4. The van der Waals surface area contributed by atoms with Gasteiger partial charge in [0.15, 0.2) is 5.78 Å². The summed E-state index contributed by atoms with van der Waals surface area (Å²) in [4.78, 5) is 14.8. The molecule has 0 aliphatic heterocycles. The lowest BCUT2D eigenvalue weighted by molar-refractivity contribution is 0.0976. The van der Waals surface area contributed by atoms with Crippen molar-refractivity contribution in [3.05, 3.63) is 65.0 Å². The molecule has 27 heavy (non-hydrogen) atoms. The summed E-state index contributed by atoms with van der Waals surface area (Å²) < 4.78 is 112. The molecule has 0 aliphatic carbocycles. The highest BCUT2D eigenvalue weighted by atomic mass is 32.5. The second-order valence-corrected chi connectivity index (χ2v) is 8.39. The van der Waals surface area contributed by atoms with E-state index < -0.39 is 51.6 Å². The number of ketones is 1. The van der Waals surface area contributed by atoms with Crippen molar-refractivity contribution in [1.82, 2.24) is 9.38 Å². The number of halogens is 5. The van der Waals surface area contributed by atoms with E-state index >= 15 is 0 Å². The molecule has 9 heteroatoms.